The van der Waals surface area contributed by atoms with Gasteiger partial charge in [0.1, 0.15) is 11.8 Å². The lowest BCUT2D eigenvalue weighted by Crippen LogP contribution is -2.12. The standard InChI is InChI=1S/C14H13N3O2/c1-9-3-2-4-12(11(9)8-16)17-14(18)13-6-5-10(7-15)19-13/h2-6H,7,15H2,1H3,(H,17,18). The number of anilines is 1. The summed E-state index contributed by atoms with van der Waals surface area (Å²) in [5.74, 6) is 0.308. The quantitative estimate of drug-likeness (QED) is 0.879. The molecule has 1 amide bonds. The van der Waals surface area contributed by atoms with Gasteiger partial charge < -0.3 is 15.5 Å². The molecule has 0 fully saturated rings. The second kappa shape index (κ2) is 5.38. The van der Waals surface area contributed by atoms with Gasteiger partial charge in [0.05, 0.1) is 17.8 Å². The van der Waals surface area contributed by atoms with Crippen molar-refractivity contribution < 1.29 is 9.21 Å². The molecule has 5 nitrogen and oxygen atoms in total. The van der Waals surface area contributed by atoms with Gasteiger partial charge in [-0.3, -0.25) is 4.79 Å². The summed E-state index contributed by atoms with van der Waals surface area (Å²) in [5.41, 5.74) is 7.14. The fourth-order valence-electron chi connectivity index (χ4n) is 1.71. The zero-order valence-electron chi connectivity index (χ0n) is 10.4. The molecule has 0 bridgehead atoms. The fourth-order valence-corrected chi connectivity index (χ4v) is 1.71. The topological polar surface area (TPSA) is 92.1 Å². The van der Waals surface area contributed by atoms with Crippen LogP contribution in [0.4, 0.5) is 5.69 Å². The number of nitriles is 1. The van der Waals surface area contributed by atoms with Gasteiger partial charge in [-0.15, -0.1) is 0 Å². The van der Waals surface area contributed by atoms with E-state index in [1.165, 1.54) is 0 Å². The molecule has 19 heavy (non-hydrogen) atoms. The van der Waals surface area contributed by atoms with Crippen LogP contribution in [0.1, 0.15) is 27.4 Å². The van der Waals surface area contributed by atoms with Crippen LogP contribution in [-0.2, 0) is 6.54 Å². The molecule has 3 N–H and O–H groups in total. The van der Waals surface area contributed by atoms with E-state index in [0.717, 1.165) is 5.56 Å². The molecule has 5 heteroatoms. The molecule has 0 saturated carbocycles. The van der Waals surface area contributed by atoms with Crippen LogP contribution in [0.3, 0.4) is 0 Å². The highest BCUT2D eigenvalue weighted by molar-refractivity contribution is 6.03. The summed E-state index contributed by atoms with van der Waals surface area (Å²) in [7, 11) is 0. The van der Waals surface area contributed by atoms with Crippen molar-refractivity contribution in [3.05, 3.63) is 53.0 Å². The summed E-state index contributed by atoms with van der Waals surface area (Å²) >= 11 is 0. The van der Waals surface area contributed by atoms with Crippen molar-refractivity contribution in [1.29, 1.82) is 5.26 Å². The Morgan fingerprint density at radius 1 is 1.42 bits per heavy atom. The number of aryl methyl sites for hydroxylation is 1. The maximum absolute atomic E-state index is 12.0. The van der Waals surface area contributed by atoms with Gasteiger partial charge >= 0.3 is 0 Å². The van der Waals surface area contributed by atoms with Crippen LogP contribution >= 0.6 is 0 Å². The fraction of sp³-hybridized carbons (Fsp3) is 0.143. The molecule has 2 aromatic rings. The molecule has 1 heterocycles. The number of hydrogen-bond donors (Lipinski definition) is 2. The number of carbonyl (C=O) groups excluding carboxylic acids is 1. The first-order valence-corrected chi connectivity index (χ1v) is 5.75. The van der Waals surface area contributed by atoms with Crippen LogP contribution in [-0.4, -0.2) is 5.91 Å². The number of nitrogens with zero attached hydrogens (tertiary/aromatic N) is 1. The minimum Gasteiger partial charge on any atom is -0.455 e. The lowest BCUT2D eigenvalue weighted by molar-refractivity contribution is 0.0995. The largest absolute Gasteiger partial charge is 0.455 e. The summed E-state index contributed by atoms with van der Waals surface area (Å²) < 4.78 is 5.25. The first-order valence-electron chi connectivity index (χ1n) is 5.75. The third kappa shape index (κ3) is 2.64. The van der Waals surface area contributed by atoms with E-state index in [1.807, 2.05) is 13.0 Å². The van der Waals surface area contributed by atoms with Crippen LogP contribution in [0.15, 0.2) is 34.7 Å². The molecule has 0 aliphatic rings. The smallest absolute Gasteiger partial charge is 0.291 e. The number of nitrogens with two attached hydrogens (primary N) is 1. The van der Waals surface area contributed by atoms with Crippen molar-refractivity contribution in [1.82, 2.24) is 0 Å². The van der Waals surface area contributed by atoms with Crippen molar-refractivity contribution in [2.45, 2.75) is 13.5 Å². The number of hydrogen-bond acceptors (Lipinski definition) is 4. The molecule has 0 atom stereocenters. The Bertz CT molecular complexity index is 653. The zero-order valence-corrected chi connectivity index (χ0v) is 10.4. The molecule has 0 unspecified atom stereocenters. The van der Waals surface area contributed by atoms with Crippen molar-refractivity contribution in [3.8, 4) is 6.07 Å². The zero-order chi connectivity index (χ0) is 13.8. The molecule has 1 aromatic carbocycles. The van der Waals surface area contributed by atoms with Gasteiger partial charge in [0, 0.05) is 0 Å². The number of carbonyl (C=O) groups is 1. The maximum Gasteiger partial charge on any atom is 0.291 e. The first kappa shape index (κ1) is 12.9. The van der Waals surface area contributed by atoms with Crippen molar-refractivity contribution in [2.75, 3.05) is 5.32 Å². The van der Waals surface area contributed by atoms with E-state index in [4.69, 9.17) is 15.4 Å². The van der Waals surface area contributed by atoms with Gasteiger partial charge in [0.25, 0.3) is 5.91 Å². The van der Waals surface area contributed by atoms with Crippen LogP contribution in [0.2, 0.25) is 0 Å². The molecule has 0 spiro atoms. The van der Waals surface area contributed by atoms with Gasteiger partial charge in [-0.2, -0.15) is 5.26 Å². The summed E-state index contributed by atoms with van der Waals surface area (Å²) in [6, 6.07) is 10.5. The average molecular weight is 255 g/mol. The van der Waals surface area contributed by atoms with E-state index in [0.29, 0.717) is 17.0 Å². The summed E-state index contributed by atoms with van der Waals surface area (Å²) in [6.07, 6.45) is 0. The number of rotatable bonds is 3. The molecule has 0 aliphatic carbocycles. The highest BCUT2D eigenvalue weighted by Crippen LogP contribution is 2.19. The summed E-state index contributed by atoms with van der Waals surface area (Å²) in [5, 5.41) is 11.7. The Morgan fingerprint density at radius 3 is 2.84 bits per heavy atom. The Kier molecular flexibility index (Phi) is 3.64. The van der Waals surface area contributed by atoms with E-state index in [1.54, 1.807) is 24.3 Å². The van der Waals surface area contributed by atoms with E-state index < -0.39 is 5.91 Å². The number of nitrogens with one attached hydrogen (secondary N) is 1. The molecule has 1 aromatic heterocycles. The molecule has 96 valence electrons. The van der Waals surface area contributed by atoms with Crippen LogP contribution in [0, 0.1) is 18.3 Å². The highest BCUT2D eigenvalue weighted by atomic mass is 16.4. The molecule has 0 radical (unpaired) electrons. The van der Waals surface area contributed by atoms with Gasteiger partial charge in [-0.25, -0.2) is 0 Å². The number of furan rings is 1. The third-order valence-corrected chi connectivity index (χ3v) is 2.72. The van der Waals surface area contributed by atoms with Gasteiger partial charge in [0.2, 0.25) is 0 Å². The van der Waals surface area contributed by atoms with Crippen LogP contribution < -0.4 is 11.1 Å². The minimum atomic E-state index is -0.401. The lowest BCUT2D eigenvalue weighted by atomic mass is 10.1. The Labute approximate surface area is 110 Å². The van der Waals surface area contributed by atoms with Crippen LogP contribution in [0.5, 0.6) is 0 Å². The Hall–Kier alpha value is -2.58. The lowest BCUT2D eigenvalue weighted by Gasteiger charge is -2.07. The van der Waals surface area contributed by atoms with Gasteiger partial charge in [-0.1, -0.05) is 12.1 Å². The molecule has 0 saturated heterocycles. The van der Waals surface area contributed by atoms with Crippen molar-refractivity contribution >= 4 is 11.6 Å². The Morgan fingerprint density at radius 2 is 2.21 bits per heavy atom. The van der Waals surface area contributed by atoms with Crippen LogP contribution in [0.25, 0.3) is 0 Å². The van der Waals surface area contributed by atoms with E-state index in [-0.39, 0.29) is 12.3 Å². The van der Waals surface area contributed by atoms with Gasteiger partial charge in [-0.05, 0) is 30.7 Å². The number of benzene rings is 1. The van der Waals surface area contributed by atoms with E-state index >= 15 is 0 Å². The second-order valence-electron chi connectivity index (χ2n) is 4.03. The minimum absolute atomic E-state index is 0.172. The molecule has 2 rings (SSSR count). The van der Waals surface area contributed by atoms with Crippen molar-refractivity contribution in [3.63, 3.8) is 0 Å². The molecule has 0 aliphatic heterocycles. The van der Waals surface area contributed by atoms with Crippen molar-refractivity contribution in [2.24, 2.45) is 5.73 Å². The highest BCUT2D eigenvalue weighted by Gasteiger charge is 2.13. The van der Waals surface area contributed by atoms with E-state index in [9.17, 15) is 4.79 Å². The third-order valence-electron chi connectivity index (χ3n) is 2.72. The molecular weight excluding hydrogens is 242 g/mol. The predicted octanol–water partition coefficient (Wildman–Crippen LogP) is 2.17. The summed E-state index contributed by atoms with van der Waals surface area (Å²) in [4.78, 5) is 12.0. The normalized spacial score (nSPS) is 9.95. The maximum atomic E-state index is 12.0. The average Bonchev–Trinajstić information content (AvgIpc) is 2.88. The number of amides is 1. The SMILES string of the molecule is Cc1cccc(NC(=O)c2ccc(CN)o2)c1C#N. The van der Waals surface area contributed by atoms with E-state index in [2.05, 4.69) is 11.4 Å². The second-order valence-corrected chi connectivity index (χ2v) is 4.03. The first-order chi connectivity index (χ1) is 9.15. The monoisotopic (exact) mass is 255 g/mol. The molecular formula is C14H13N3O2. The summed E-state index contributed by atoms with van der Waals surface area (Å²) in [6.45, 7) is 2.05. The van der Waals surface area contributed by atoms with Gasteiger partial charge in [0.15, 0.2) is 5.76 Å². The Balaban J connectivity index is 2.24. The predicted molar refractivity (Wildman–Crippen MR) is 70.4 cm³/mol.